The number of carbonyl (C=O) groups is 1. The van der Waals surface area contributed by atoms with Gasteiger partial charge in [0.2, 0.25) is 0 Å². The number of ether oxygens (including phenoxy) is 3. The second-order valence-corrected chi connectivity index (χ2v) is 9.48. The lowest BCUT2D eigenvalue weighted by atomic mass is 10.2. The first kappa shape index (κ1) is 25.6. The Morgan fingerprint density at radius 3 is 2.55 bits per heavy atom. The van der Waals surface area contributed by atoms with Crippen molar-refractivity contribution in [2.45, 2.75) is 19.0 Å². The lowest BCUT2D eigenvalue weighted by molar-refractivity contribution is 0.247. The van der Waals surface area contributed by atoms with E-state index < -0.39 is 0 Å². The van der Waals surface area contributed by atoms with Crippen molar-refractivity contribution in [3.05, 3.63) is 83.5 Å². The van der Waals surface area contributed by atoms with Crippen molar-refractivity contribution >= 4 is 34.2 Å². The van der Waals surface area contributed by atoms with Crippen molar-refractivity contribution in [2.75, 3.05) is 32.6 Å². The summed E-state index contributed by atoms with van der Waals surface area (Å²) in [5, 5.41) is 7.54. The first-order chi connectivity index (χ1) is 18.5. The molecule has 2 N–H and O–H groups in total. The van der Waals surface area contributed by atoms with E-state index in [0.717, 1.165) is 47.5 Å². The predicted octanol–water partition coefficient (Wildman–Crippen LogP) is 6.09. The van der Waals surface area contributed by atoms with Crippen LogP contribution in [0.3, 0.4) is 0 Å². The number of hydrogen-bond donors (Lipinski definition) is 2. The first-order valence-corrected chi connectivity index (χ1v) is 12.7. The summed E-state index contributed by atoms with van der Waals surface area (Å²) in [5.74, 6) is 2.46. The van der Waals surface area contributed by atoms with Crippen LogP contribution >= 0.6 is 11.6 Å². The third-order valence-electron chi connectivity index (χ3n) is 6.51. The molecule has 1 aromatic heterocycles. The van der Waals surface area contributed by atoms with Crippen molar-refractivity contribution < 1.29 is 19.0 Å². The number of halogens is 1. The fourth-order valence-corrected chi connectivity index (χ4v) is 4.78. The van der Waals surface area contributed by atoms with Crippen molar-refractivity contribution in [3.63, 3.8) is 0 Å². The SMILES string of the molecule is COc1cc2nccc(Oc3ccc(NC(=O)NC4CCN(Cc5ccccc5Cl)C4)cc3)c2cc1OC. The summed E-state index contributed by atoms with van der Waals surface area (Å²) >= 11 is 6.29. The summed E-state index contributed by atoms with van der Waals surface area (Å²) in [6.45, 7) is 2.46. The predicted molar refractivity (Wildman–Crippen MR) is 149 cm³/mol. The summed E-state index contributed by atoms with van der Waals surface area (Å²) in [6, 6.07) is 20.4. The topological polar surface area (TPSA) is 85.0 Å². The highest BCUT2D eigenvalue weighted by Gasteiger charge is 2.24. The lowest BCUT2D eigenvalue weighted by Crippen LogP contribution is -2.39. The largest absolute Gasteiger partial charge is 0.493 e. The van der Waals surface area contributed by atoms with Gasteiger partial charge in [0.05, 0.1) is 19.7 Å². The van der Waals surface area contributed by atoms with Crippen LogP contribution < -0.4 is 24.8 Å². The highest BCUT2D eigenvalue weighted by atomic mass is 35.5. The molecule has 3 aromatic carbocycles. The zero-order chi connectivity index (χ0) is 26.5. The van der Waals surface area contributed by atoms with E-state index in [1.165, 1.54) is 0 Å². The number of methoxy groups -OCH3 is 2. The van der Waals surface area contributed by atoms with Gasteiger partial charge in [0.15, 0.2) is 11.5 Å². The van der Waals surface area contributed by atoms with E-state index in [2.05, 4.69) is 20.5 Å². The number of rotatable bonds is 8. The first-order valence-electron chi connectivity index (χ1n) is 12.3. The molecule has 196 valence electrons. The van der Waals surface area contributed by atoms with E-state index >= 15 is 0 Å². The molecule has 9 heteroatoms. The Bertz CT molecular complexity index is 1430. The Hall–Kier alpha value is -4.01. The van der Waals surface area contributed by atoms with E-state index in [0.29, 0.717) is 28.7 Å². The molecule has 2 amide bonds. The number of benzene rings is 3. The Morgan fingerprint density at radius 2 is 1.79 bits per heavy atom. The van der Waals surface area contributed by atoms with Gasteiger partial charge in [-0.2, -0.15) is 0 Å². The molecule has 8 nitrogen and oxygen atoms in total. The summed E-state index contributed by atoms with van der Waals surface area (Å²) in [4.78, 5) is 19.3. The molecule has 1 atom stereocenters. The number of urea groups is 1. The summed E-state index contributed by atoms with van der Waals surface area (Å²) in [5.41, 5.74) is 2.50. The number of hydrogen-bond acceptors (Lipinski definition) is 6. The minimum absolute atomic E-state index is 0.0793. The second kappa shape index (κ2) is 11.6. The van der Waals surface area contributed by atoms with E-state index in [9.17, 15) is 4.79 Å². The number of nitrogens with one attached hydrogen (secondary N) is 2. The minimum atomic E-state index is -0.232. The molecular formula is C29H29ClN4O4. The molecule has 4 aromatic rings. The van der Waals surface area contributed by atoms with Crippen LogP contribution in [-0.4, -0.2) is 49.3 Å². The van der Waals surface area contributed by atoms with Gasteiger partial charge in [0, 0.05) is 54.0 Å². The van der Waals surface area contributed by atoms with Crippen LogP contribution in [0.15, 0.2) is 72.9 Å². The maximum Gasteiger partial charge on any atom is 0.319 e. The van der Waals surface area contributed by atoms with E-state index in [4.69, 9.17) is 25.8 Å². The molecule has 1 aliphatic heterocycles. The number of likely N-dealkylation sites (tertiary alicyclic amines) is 1. The van der Waals surface area contributed by atoms with E-state index in [1.807, 2.05) is 48.5 Å². The van der Waals surface area contributed by atoms with E-state index in [-0.39, 0.29) is 12.1 Å². The molecule has 0 bridgehead atoms. The fourth-order valence-electron chi connectivity index (χ4n) is 4.58. The van der Waals surface area contributed by atoms with Crippen LogP contribution in [0.2, 0.25) is 5.02 Å². The lowest BCUT2D eigenvalue weighted by Gasteiger charge is -2.18. The maximum atomic E-state index is 12.6. The van der Waals surface area contributed by atoms with Crippen LogP contribution in [0.5, 0.6) is 23.0 Å². The maximum absolute atomic E-state index is 12.6. The number of carbonyl (C=O) groups excluding carboxylic acids is 1. The van der Waals surface area contributed by atoms with Crippen molar-refractivity contribution in [1.29, 1.82) is 0 Å². The molecule has 0 aliphatic carbocycles. The Labute approximate surface area is 226 Å². The number of aromatic nitrogens is 1. The Kier molecular flexibility index (Phi) is 7.81. The average Bonchev–Trinajstić information content (AvgIpc) is 3.36. The van der Waals surface area contributed by atoms with Gasteiger partial charge in [0.25, 0.3) is 0 Å². The highest BCUT2D eigenvalue weighted by Crippen LogP contribution is 2.37. The molecule has 38 heavy (non-hydrogen) atoms. The minimum Gasteiger partial charge on any atom is -0.493 e. The number of nitrogens with zero attached hydrogens (tertiary/aromatic N) is 2. The van der Waals surface area contributed by atoms with Crippen LogP contribution in [-0.2, 0) is 6.54 Å². The summed E-state index contributed by atoms with van der Waals surface area (Å²) < 4.78 is 16.9. The van der Waals surface area contributed by atoms with Gasteiger partial charge < -0.3 is 24.8 Å². The summed E-state index contributed by atoms with van der Waals surface area (Å²) in [6.07, 6.45) is 2.57. The molecule has 1 fully saturated rings. The zero-order valence-electron chi connectivity index (χ0n) is 21.2. The molecule has 1 aliphatic rings. The quantitative estimate of drug-likeness (QED) is 0.285. The van der Waals surface area contributed by atoms with Crippen LogP contribution in [0.4, 0.5) is 10.5 Å². The van der Waals surface area contributed by atoms with Gasteiger partial charge in [0.1, 0.15) is 11.5 Å². The zero-order valence-corrected chi connectivity index (χ0v) is 22.0. The standard InChI is InChI=1S/C29H29ClN4O4/c1-36-27-15-23-25(16-28(27)37-2)31-13-11-26(23)38-22-9-7-20(8-10-22)32-29(35)33-21-12-14-34(18-21)17-19-5-3-4-6-24(19)30/h3-11,13,15-16,21H,12,14,17-18H2,1-2H3,(H2,32,33,35). The van der Waals surface area contributed by atoms with Crippen molar-refractivity contribution in [1.82, 2.24) is 15.2 Å². The monoisotopic (exact) mass is 532 g/mol. The third-order valence-corrected chi connectivity index (χ3v) is 6.87. The van der Waals surface area contributed by atoms with Crippen LogP contribution in [0.1, 0.15) is 12.0 Å². The molecule has 5 rings (SSSR count). The summed E-state index contributed by atoms with van der Waals surface area (Å²) in [7, 11) is 3.18. The molecule has 0 saturated carbocycles. The Balaban J connectivity index is 1.17. The van der Waals surface area contributed by atoms with Crippen LogP contribution in [0, 0.1) is 0 Å². The number of pyridine rings is 1. The second-order valence-electron chi connectivity index (χ2n) is 9.07. The molecule has 0 radical (unpaired) electrons. The van der Waals surface area contributed by atoms with Crippen molar-refractivity contribution in [2.24, 2.45) is 0 Å². The molecule has 0 spiro atoms. The third kappa shape index (κ3) is 5.93. The van der Waals surface area contributed by atoms with Gasteiger partial charge in [-0.05, 0) is 54.4 Å². The molecule has 2 heterocycles. The molecular weight excluding hydrogens is 504 g/mol. The number of amides is 2. The van der Waals surface area contributed by atoms with Crippen molar-refractivity contribution in [3.8, 4) is 23.0 Å². The Morgan fingerprint density at radius 1 is 1.03 bits per heavy atom. The normalized spacial score (nSPS) is 15.3. The van der Waals surface area contributed by atoms with Gasteiger partial charge in [-0.25, -0.2) is 4.79 Å². The molecule has 1 unspecified atom stereocenters. The fraction of sp³-hybridized carbons (Fsp3) is 0.241. The van der Waals surface area contributed by atoms with E-state index in [1.54, 1.807) is 38.6 Å². The van der Waals surface area contributed by atoms with Gasteiger partial charge in [-0.3, -0.25) is 9.88 Å². The van der Waals surface area contributed by atoms with Gasteiger partial charge in [-0.15, -0.1) is 0 Å². The highest BCUT2D eigenvalue weighted by molar-refractivity contribution is 6.31. The van der Waals surface area contributed by atoms with Gasteiger partial charge in [-0.1, -0.05) is 29.8 Å². The number of fused-ring (bicyclic) bond motifs is 1. The van der Waals surface area contributed by atoms with Gasteiger partial charge >= 0.3 is 6.03 Å². The van der Waals surface area contributed by atoms with Crippen LogP contribution in [0.25, 0.3) is 10.9 Å². The average molecular weight is 533 g/mol. The smallest absolute Gasteiger partial charge is 0.319 e. The number of anilines is 1. The molecule has 1 saturated heterocycles.